The number of H-pyrrole nitrogens is 1. The Morgan fingerprint density at radius 3 is 2.12 bits per heavy atom. The molecule has 5 rings (SSSR count). The number of carbonyl (C=O) groups is 2. The fraction of sp³-hybridized carbons (Fsp3) is 0.385. The quantitative estimate of drug-likeness (QED) is 0.346. The van der Waals surface area contributed by atoms with Crippen LogP contribution in [0.15, 0.2) is 46.3 Å². The molecule has 0 bridgehead atoms. The van der Waals surface area contributed by atoms with Crippen LogP contribution in [-0.4, -0.2) is 40.3 Å². The van der Waals surface area contributed by atoms with E-state index < -0.39 is 58.8 Å². The lowest BCUT2D eigenvalue weighted by Crippen LogP contribution is -2.37. The molecule has 0 radical (unpaired) electrons. The molecule has 14 nitrogen and oxygen atoms in total. The molecule has 1 N–H and O–H groups in total. The molecular formula is C26H24N2O12. The van der Waals surface area contributed by atoms with Gasteiger partial charge in [-0.05, 0) is 13.8 Å². The maximum absolute atomic E-state index is 13.2. The van der Waals surface area contributed by atoms with E-state index in [-0.39, 0.29) is 52.7 Å². The van der Waals surface area contributed by atoms with Crippen molar-refractivity contribution in [2.45, 2.75) is 58.5 Å². The molecule has 2 aliphatic heterocycles. The maximum atomic E-state index is 13.2. The van der Waals surface area contributed by atoms with Crippen LogP contribution in [0.4, 0.5) is 0 Å². The van der Waals surface area contributed by atoms with Gasteiger partial charge in [-0.15, -0.1) is 0 Å². The van der Waals surface area contributed by atoms with Crippen LogP contribution in [0.3, 0.4) is 0 Å². The predicted octanol–water partition coefficient (Wildman–Crippen LogP) is 1.13. The average Bonchev–Trinajstić information content (AvgIpc) is 3.22. The summed E-state index contributed by atoms with van der Waals surface area (Å²) in [7, 11) is 0. The second-order valence-corrected chi connectivity index (χ2v) is 9.45. The highest BCUT2D eigenvalue weighted by molar-refractivity contribution is 5.66. The average molecular weight is 556 g/mol. The Balaban J connectivity index is 1.65. The van der Waals surface area contributed by atoms with E-state index in [4.69, 9.17) is 27.8 Å². The van der Waals surface area contributed by atoms with E-state index in [1.807, 2.05) is 0 Å². The number of aromatic nitrogens is 2. The summed E-state index contributed by atoms with van der Waals surface area (Å²) in [5, 5.41) is 0. The first kappa shape index (κ1) is 26.9. The molecule has 1 fully saturated rings. The lowest BCUT2D eigenvalue weighted by atomic mass is 9.85. The molecule has 0 spiro atoms. The summed E-state index contributed by atoms with van der Waals surface area (Å²) in [6.07, 6.45) is -1.72. The Morgan fingerprint density at radius 2 is 1.57 bits per heavy atom. The molecule has 0 unspecified atom stereocenters. The van der Waals surface area contributed by atoms with Crippen LogP contribution in [0, 0.1) is 13.8 Å². The van der Waals surface area contributed by atoms with E-state index in [0.717, 1.165) is 10.8 Å². The van der Waals surface area contributed by atoms with Gasteiger partial charge in [-0.3, -0.25) is 23.9 Å². The van der Waals surface area contributed by atoms with Crippen molar-refractivity contribution >= 4 is 11.9 Å². The first-order chi connectivity index (χ1) is 18.9. The van der Waals surface area contributed by atoms with Crippen LogP contribution in [0.2, 0.25) is 0 Å². The summed E-state index contributed by atoms with van der Waals surface area (Å²) in [6.45, 7) is 5.22. The summed E-state index contributed by atoms with van der Waals surface area (Å²) in [5.41, 5.74) is -3.89. The molecule has 1 saturated heterocycles. The van der Waals surface area contributed by atoms with Crippen molar-refractivity contribution < 1.29 is 37.4 Å². The molecule has 2 aliphatic rings. The number of nitrogens with one attached hydrogen (secondary N) is 1. The fourth-order valence-corrected chi connectivity index (χ4v) is 4.93. The predicted molar refractivity (Wildman–Crippen MR) is 132 cm³/mol. The number of rotatable bonds is 5. The van der Waals surface area contributed by atoms with Gasteiger partial charge >= 0.3 is 28.9 Å². The molecule has 3 aromatic rings. The normalized spacial score (nSPS) is 19.9. The van der Waals surface area contributed by atoms with Gasteiger partial charge in [0.15, 0.2) is 0 Å². The van der Waals surface area contributed by atoms with Crippen molar-refractivity contribution in [2.24, 2.45) is 0 Å². The number of carbonyl (C=O) groups excluding carboxylic acids is 2. The standard InChI is InChI=1S/C26H24N2O12/c1-10-5-16-21(24(32)36-10)20(22-17(39-16)6-11(2)37-25(22)33)14-8-28(26(34)27-23(14)31)19-7-15(38-13(4)30)18(40-19)9-35-12(3)29/h5-6,8,15,18-20H,7,9H2,1-4H3,(H,27,31,34)/t15-,18+,19+/m0/s1. The third-order valence-corrected chi connectivity index (χ3v) is 6.51. The number of hydrogen-bond acceptors (Lipinski definition) is 12. The number of esters is 2. The Labute approximate surface area is 224 Å². The van der Waals surface area contributed by atoms with Gasteiger partial charge in [0.1, 0.15) is 48.1 Å². The third-order valence-electron chi connectivity index (χ3n) is 6.51. The highest BCUT2D eigenvalue weighted by atomic mass is 16.6. The number of aromatic amines is 1. The van der Waals surface area contributed by atoms with Crippen LogP contribution < -0.4 is 27.2 Å². The zero-order chi connectivity index (χ0) is 28.9. The minimum absolute atomic E-state index is 0.0273. The number of hydrogen-bond donors (Lipinski definition) is 1. The van der Waals surface area contributed by atoms with Crippen LogP contribution in [0.25, 0.3) is 0 Å². The van der Waals surface area contributed by atoms with E-state index in [0.29, 0.717) is 0 Å². The first-order valence-corrected chi connectivity index (χ1v) is 12.2. The highest BCUT2D eigenvalue weighted by Crippen LogP contribution is 2.44. The molecule has 0 aromatic carbocycles. The molecule has 0 aliphatic carbocycles. The topological polar surface area (TPSA) is 186 Å². The lowest BCUT2D eigenvalue weighted by molar-refractivity contribution is -0.155. The molecule has 14 heteroatoms. The van der Waals surface area contributed by atoms with Crippen molar-refractivity contribution in [2.75, 3.05) is 6.61 Å². The smallest absolute Gasteiger partial charge is 0.343 e. The van der Waals surface area contributed by atoms with Gasteiger partial charge in [-0.25, -0.2) is 14.4 Å². The molecule has 40 heavy (non-hydrogen) atoms. The van der Waals surface area contributed by atoms with Gasteiger partial charge in [0.05, 0.1) is 17.0 Å². The van der Waals surface area contributed by atoms with Gasteiger partial charge in [-0.2, -0.15) is 0 Å². The van der Waals surface area contributed by atoms with Crippen molar-refractivity contribution in [3.05, 3.63) is 88.2 Å². The number of ether oxygens (including phenoxy) is 4. The number of aryl methyl sites for hydroxylation is 2. The minimum atomic E-state index is -1.33. The largest absolute Gasteiger partial charge is 0.463 e. The summed E-state index contributed by atoms with van der Waals surface area (Å²) >= 11 is 0. The van der Waals surface area contributed by atoms with E-state index >= 15 is 0 Å². The Morgan fingerprint density at radius 1 is 0.975 bits per heavy atom. The van der Waals surface area contributed by atoms with Crippen molar-refractivity contribution in [3.8, 4) is 11.5 Å². The third kappa shape index (κ3) is 4.88. The molecular weight excluding hydrogens is 532 g/mol. The van der Waals surface area contributed by atoms with Gasteiger partial charge in [-0.1, -0.05) is 0 Å². The van der Waals surface area contributed by atoms with Crippen LogP contribution in [-0.2, 0) is 23.8 Å². The van der Waals surface area contributed by atoms with Crippen molar-refractivity contribution in [1.29, 1.82) is 0 Å². The summed E-state index contributed by atoms with van der Waals surface area (Å²) in [4.78, 5) is 77.3. The van der Waals surface area contributed by atoms with E-state index in [1.165, 1.54) is 39.8 Å². The Hall–Kier alpha value is -4.72. The summed E-state index contributed by atoms with van der Waals surface area (Å²) < 4.78 is 33.6. The second-order valence-electron chi connectivity index (χ2n) is 9.45. The SMILES string of the molecule is CC(=O)OC[C@H]1O[C@@H](n2cc(C3c4c(cc(C)oc4=O)Oc4cc(C)oc(=O)c43)c(=O)[nH]c2=O)C[C@@H]1OC(C)=O. The molecule has 0 saturated carbocycles. The van der Waals surface area contributed by atoms with Gasteiger partial charge < -0.3 is 27.8 Å². The zero-order valence-corrected chi connectivity index (χ0v) is 21.8. The molecule has 5 heterocycles. The van der Waals surface area contributed by atoms with Crippen LogP contribution in [0.5, 0.6) is 11.5 Å². The van der Waals surface area contributed by atoms with Crippen LogP contribution >= 0.6 is 0 Å². The van der Waals surface area contributed by atoms with Crippen LogP contribution in [0.1, 0.15) is 60.6 Å². The van der Waals surface area contributed by atoms with Gasteiger partial charge in [0, 0.05) is 44.2 Å². The molecule has 3 atom stereocenters. The second kappa shape index (κ2) is 10.1. The van der Waals surface area contributed by atoms with Crippen molar-refractivity contribution in [3.63, 3.8) is 0 Å². The monoisotopic (exact) mass is 556 g/mol. The van der Waals surface area contributed by atoms with Crippen molar-refractivity contribution in [1.82, 2.24) is 9.55 Å². The highest BCUT2D eigenvalue weighted by Gasteiger charge is 2.41. The Bertz CT molecular complexity index is 1700. The van der Waals surface area contributed by atoms with E-state index in [9.17, 15) is 28.8 Å². The summed E-state index contributed by atoms with van der Waals surface area (Å²) in [5.74, 6) is -1.92. The summed E-state index contributed by atoms with van der Waals surface area (Å²) in [6, 6.07) is 2.90. The minimum Gasteiger partial charge on any atom is -0.463 e. The van der Waals surface area contributed by atoms with E-state index in [2.05, 4.69) is 4.98 Å². The Kier molecular flexibility index (Phi) is 6.79. The number of fused-ring (bicyclic) bond motifs is 2. The zero-order valence-electron chi connectivity index (χ0n) is 21.8. The van der Waals surface area contributed by atoms with Gasteiger partial charge in [0.2, 0.25) is 0 Å². The first-order valence-electron chi connectivity index (χ1n) is 12.2. The molecule has 210 valence electrons. The van der Waals surface area contributed by atoms with E-state index in [1.54, 1.807) is 0 Å². The number of nitrogens with zero attached hydrogens (tertiary/aromatic N) is 1. The van der Waals surface area contributed by atoms with Gasteiger partial charge in [0.25, 0.3) is 5.56 Å². The molecule has 0 amide bonds. The maximum Gasteiger partial charge on any atom is 0.343 e. The fourth-order valence-electron chi connectivity index (χ4n) is 4.93. The molecule has 3 aromatic heterocycles. The lowest BCUT2D eigenvalue weighted by Gasteiger charge is -2.26.